The number of amides is 1. The first-order valence-corrected chi connectivity index (χ1v) is 11.9. The van der Waals surface area contributed by atoms with Gasteiger partial charge in [0.25, 0.3) is 5.91 Å². The van der Waals surface area contributed by atoms with E-state index in [2.05, 4.69) is 35.4 Å². The molecule has 36 heavy (non-hydrogen) atoms. The zero-order chi connectivity index (χ0) is 25.5. The average Bonchev–Trinajstić information content (AvgIpc) is 2.93. The van der Waals surface area contributed by atoms with Crippen LogP contribution in [0.2, 0.25) is 0 Å². The quantitative estimate of drug-likeness (QED) is 0.609. The number of nitriles is 2. The lowest BCUT2D eigenvalue weighted by atomic mass is 9.98. The van der Waals surface area contributed by atoms with Crippen LogP contribution in [0.15, 0.2) is 72.5 Å². The van der Waals surface area contributed by atoms with Gasteiger partial charge in [-0.25, -0.2) is 0 Å². The fraction of sp³-hybridized carbons (Fsp3) is 0.207. The molecule has 2 heterocycles. The number of piperidine rings is 1. The van der Waals surface area contributed by atoms with Crippen LogP contribution in [-0.2, 0) is 4.79 Å². The average molecular weight is 477 g/mol. The van der Waals surface area contributed by atoms with Gasteiger partial charge < -0.3 is 21.3 Å². The molecule has 7 nitrogen and oxygen atoms in total. The second-order valence-electron chi connectivity index (χ2n) is 8.72. The maximum atomic E-state index is 13.0. The molecule has 2 aromatic carbocycles. The van der Waals surface area contributed by atoms with Crippen LogP contribution in [0.4, 0.5) is 5.69 Å². The number of anilines is 1. The number of carbonyl (C=O) groups is 1. The predicted molar refractivity (Wildman–Crippen MR) is 142 cm³/mol. The van der Waals surface area contributed by atoms with E-state index < -0.39 is 0 Å². The van der Waals surface area contributed by atoms with Crippen LogP contribution < -0.4 is 26.8 Å². The Kier molecular flexibility index (Phi) is 7.53. The SMILES string of the molecule is C=C/C=c1/cc(-c2cccc(C#N)c2)cc(NC2CCN(C(=O)C3=C(C#N)C=CNC3)CC2)/c1=C/N. The van der Waals surface area contributed by atoms with Gasteiger partial charge in [-0.05, 0) is 65.7 Å². The second-order valence-corrected chi connectivity index (χ2v) is 8.72. The number of nitrogens with zero attached hydrogens (tertiary/aromatic N) is 3. The molecule has 0 aliphatic carbocycles. The van der Waals surface area contributed by atoms with Crippen molar-refractivity contribution >= 4 is 23.9 Å². The van der Waals surface area contributed by atoms with Crippen molar-refractivity contribution in [3.63, 3.8) is 0 Å². The lowest BCUT2D eigenvalue weighted by Gasteiger charge is -2.34. The lowest BCUT2D eigenvalue weighted by molar-refractivity contribution is -0.128. The normalized spacial score (nSPS) is 16.8. The van der Waals surface area contributed by atoms with Crippen LogP contribution in [0.3, 0.4) is 0 Å². The largest absolute Gasteiger partial charge is 0.404 e. The summed E-state index contributed by atoms with van der Waals surface area (Å²) in [6, 6.07) is 16.1. The topological polar surface area (TPSA) is 118 Å². The zero-order valence-electron chi connectivity index (χ0n) is 20.0. The van der Waals surface area contributed by atoms with Gasteiger partial charge in [0, 0.05) is 42.8 Å². The van der Waals surface area contributed by atoms with Gasteiger partial charge in [0.2, 0.25) is 0 Å². The van der Waals surface area contributed by atoms with Gasteiger partial charge in [-0.2, -0.15) is 10.5 Å². The van der Waals surface area contributed by atoms with E-state index in [4.69, 9.17) is 5.73 Å². The van der Waals surface area contributed by atoms with Crippen molar-refractivity contribution in [3.8, 4) is 23.3 Å². The number of hydrogen-bond donors (Lipinski definition) is 3. The molecule has 4 rings (SSSR count). The molecule has 0 unspecified atom stereocenters. The Morgan fingerprint density at radius 1 is 1.17 bits per heavy atom. The lowest BCUT2D eigenvalue weighted by Crippen LogP contribution is -2.45. The molecule has 2 aliphatic heterocycles. The molecule has 2 aliphatic rings. The van der Waals surface area contributed by atoms with Crippen molar-refractivity contribution < 1.29 is 4.79 Å². The van der Waals surface area contributed by atoms with Crippen LogP contribution >= 0.6 is 0 Å². The molecule has 0 atom stereocenters. The highest BCUT2D eigenvalue weighted by Gasteiger charge is 2.27. The predicted octanol–water partition coefficient (Wildman–Crippen LogP) is 2.23. The zero-order valence-corrected chi connectivity index (χ0v) is 20.0. The third kappa shape index (κ3) is 5.16. The summed E-state index contributed by atoms with van der Waals surface area (Å²) in [4.78, 5) is 14.8. The summed E-state index contributed by atoms with van der Waals surface area (Å²) in [6.07, 6.45) is 10.1. The van der Waals surface area contributed by atoms with E-state index in [0.717, 1.165) is 40.1 Å². The molecule has 0 radical (unpaired) electrons. The van der Waals surface area contributed by atoms with Gasteiger partial charge in [0.15, 0.2) is 0 Å². The van der Waals surface area contributed by atoms with Crippen molar-refractivity contribution in [1.29, 1.82) is 10.5 Å². The summed E-state index contributed by atoms with van der Waals surface area (Å²) >= 11 is 0. The van der Waals surface area contributed by atoms with Gasteiger partial charge in [-0.3, -0.25) is 4.79 Å². The maximum Gasteiger partial charge on any atom is 0.252 e. The molecule has 0 spiro atoms. The van der Waals surface area contributed by atoms with E-state index in [0.29, 0.717) is 36.3 Å². The number of nitrogens with one attached hydrogen (secondary N) is 2. The molecular formula is C29H28N6O. The monoisotopic (exact) mass is 476 g/mol. The van der Waals surface area contributed by atoms with Gasteiger partial charge in [0.05, 0.1) is 28.8 Å². The van der Waals surface area contributed by atoms with E-state index in [-0.39, 0.29) is 11.9 Å². The highest BCUT2D eigenvalue weighted by atomic mass is 16.2. The van der Waals surface area contributed by atoms with Crippen molar-refractivity contribution in [2.45, 2.75) is 18.9 Å². The molecule has 180 valence electrons. The van der Waals surface area contributed by atoms with Crippen LogP contribution in [0.25, 0.3) is 23.4 Å². The summed E-state index contributed by atoms with van der Waals surface area (Å²) in [5.41, 5.74) is 10.4. The Morgan fingerprint density at radius 3 is 2.67 bits per heavy atom. The number of nitrogens with two attached hydrogens (primary N) is 1. The van der Waals surface area contributed by atoms with E-state index in [1.807, 2.05) is 35.2 Å². The molecule has 1 saturated heterocycles. The summed E-state index contributed by atoms with van der Waals surface area (Å²) < 4.78 is 0. The Labute approximate surface area is 210 Å². The molecule has 1 fully saturated rings. The van der Waals surface area contributed by atoms with E-state index in [1.165, 1.54) is 0 Å². The Morgan fingerprint density at radius 2 is 1.97 bits per heavy atom. The first-order chi connectivity index (χ1) is 17.6. The van der Waals surface area contributed by atoms with Crippen LogP contribution in [-0.4, -0.2) is 36.5 Å². The van der Waals surface area contributed by atoms with Crippen molar-refractivity contribution in [1.82, 2.24) is 10.2 Å². The molecule has 0 saturated carbocycles. The number of hydrogen-bond acceptors (Lipinski definition) is 6. The van der Waals surface area contributed by atoms with Gasteiger partial charge in [-0.1, -0.05) is 30.9 Å². The summed E-state index contributed by atoms with van der Waals surface area (Å²) in [7, 11) is 0. The first-order valence-electron chi connectivity index (χ1n) is 11.9. The highest BCUT2D eigenvalue weighted by Crippen LogP contribution is 2.23. The Bertz CT molecular complexity index is 1450. The highest BCUT2D eigenvalue weighted by molar-refractivity contribution is 5.96. The Balaban J connectivity index is 1.57. The maximum absolute atomic E-state index is 13.0. The number of likely N-dealkylation sites (tertiary alicyclic amines) is 1. The van der Waals surface area contributed by atoms with Crippen molar-refractivity contribution in [2.75, 3.05) is 25.0 Å². The molecule has 4 N–H and O–H groups in total. The van der Waals surface area contributed by atoms with E-state index in [9.17, 15) is 15.3 Å². The van der Waals surface area contributed by atoms with E-state index >= 15 is 0 Å². The van der Waals surface area contributed by atoms with Crippen LogP contribution in [0.1, 0.15) is 18.4 Å². The third-order valence-electron chi connectivity index (χ3n) is 6.49. The summed E-state index contributed by atoms with van der Waals surface area (Å²) in [5, 5.41) is 27.1. The minimum atomic E-state index is -0.0833. The summed E-state index contributed by atoms with van der Waals surface area (Å²) in [5.74, 6) is -0.0833. The van der Waals surface area contributed by atoms with Crippen LogP contribution in [0, 0.1) is 22.7 Å². The Hall–Kier alpha value is -4.75. The second kappa shape index (κ2) is 11.1. The van der Waals surface area contributed by atoms with Crippen molar-refractivity contribution in [3.05, 3.63) is 88.5 Å². The molecule has 1 amide bonds. The fourth-order valence-electron chi connectivity index (χ4n) is 4.61. The molecule has 7 heteroatoms. The number of allylic oxidation sites excluding steroid dienone is 3. The minimum absolute atomic E-state index is 0.0833. The van der Waals surface area contributed by atoms with E-state index in [1.54, 1.807) is 30.6 Å². The number of benzene rings is 2. The smallest absolute Gasteiger partial charge is 0.252 e. The minimum Gasteiger partial charge on any atom is -0.404 e. The van der Waals surface area contributed by atoms with Crippen molar-refractivity contribution in [2.24, 2.45) is 5.73 Å². The van der Waals surface area contributed by atoms with Gasteiger partial charge >= 0.3 is 0 Å². The standard InChI is InChI=1S/C29H28N6O/c1-2-4-22-14-24(21-6-3-5-20(13-21)16-30)15-28(26(22)18-32)34-25-8-11-35(12-9-25)29(36)27-19-33-10-7-23(27)17-31/h2-7,10,13-15,18,25,33-34H,1,8-9,11-12,19,32H2/b22-4-,26-18+. The van der Waals surface area contributed by atoms with Crippen LogP contribution in [0.5, 0.6) is 0 Å². The number of dihydropyridines is 1. The fourth-order valence-corrected chi connectivity index (χ4v) is 4.61. The molecule has 2 aromatic rings. The molecule has 0 bridgehead atoms. The third-order valence-corrected chi connectivity index (χ3v) is 6.49. The number of rotatable bonds is 5. The molecular weight excluding hydrogens is 448 g/mol. The van der Waals surface area contributed by atoms with Gasteiger partial charge in [0.1, 0.15) is 0 Å². The van der Waals surface area contributed by atoms with Gasteiger partial charge in [-0.15, -0.1) is 0 Å². The molecule has 0 aromatic heterocycles. The summed E-state index contributed by atoms with van der Waals surface area (Å²) in [6.45, 7) is 5.40. The first kappa shape index (κ1) is 24.4. The number of carbonyl (C=O) groups excluding carboxylic acids is 1.